The number of amides is 1. The van der Waals surface area contributed by atoms with Crippen LogP contribution in [0.15, 0.2) is 5.10 Å². The molecule has 0 spiro atoms. The highest BCUT2D eigenvalue weighted by atomic mass is 16.5. The fourth-order valence-electron chi connectivity index (χ4n) is 1.11. The van der Waals surface area contributed by atoms with Crippen LogP contribution >= 0.6 is 0 Å². The lowest BCUT2D eigenvalue weighted by molar-refractivity contribution is -0.130. The first-order chi connectivity index (χ1) is 6.20. The van der Waals surface area contributed by atoms with Gasteiger partial charge in [-0.2, -0.15) is 5.10 Å². The maximum Gasteiger partial charge on any atom is 0.269 e. The predicted octanol–water partition coefficient (Wildman–Crippen LogP) is 0.923. The molecular weight excluding hydrogens is 168 g/mol. The van der Waals surface area contributed by atoms with Crippen LogP contribution < -0.4 is 5.43 Å². The molecule has 1 amide bonds. The van der Waals surface area contributed by atoms with Crippen LogP contribution in [-0.2, 0) is 9.53 Å². The minimum Gasteiger partial charge on any atom is -0.368 e. The molecule has 1 fully saturated rings. The summed E-state index contributed by atoms with van der Waals surface area (Å²) in [4.78, 5) is 11.3. The molecular formula is C9H16N2O2. The van der Waals surface area contributed by atoms with Crippen LogP contribution in [0, 0.1) is 5.92 Å². The first-order valence-corrected chi connectivity index (χ1v) is 4.65. The smallest absolute Gasteiger partial charge is 0.269 e. The number of carbonyl (C=O) groups excluding carboxylic acids is 1. The summed E-state index contributed by atoms with van der Waals surface area (Å²) in [5.41, 5.74) is 2.46. The van der Waals surface area contributed by atoms with Crippen LogP contribution in [0.25, 0.3) is 0 Å². The van der Waals surface area contributed by atoms with Gasteiger partial charge in [-0.1, -0.05) is 13.8 Å². The average molecular weight is 184 g/mol. The zero-order chi connectivity index (χ0) is 9.68. The number of ether oxygens (including phenoxy) is 1. The minimum atomic E-state index is -0.288. The second kappa shape index (κ2) is 4.97. The first kappa shape index (κ1) is 10.2. The van der Waals surface area contributed by atoms with Gasteiger partial charge in [0.2, 0.25) is 0 Å². The molecule has 1 atom stereocenters. The molecule has 0 aliphatic carbocycles. The van der Waals surface area contributed by atoms with Crippen molar-refractivity contribution in [1.29, 1.82) is 0 Å². The Bertz CT molecular complexity index is 196. The Morgan fingerprint density at radius 1 is 1.69 bits per heavy atom. The molecule has 4 nitrogen and oxygen atoms in total. The van der Waals surface area contributed by atoms with Crippen molar-refractivity contribution in [3.63, 3.8) is 0 Å². The fraction of sp³-hybridized carbons (Fsp3) is 0.778. The van der Waals surface area contributed by atoms with Gasteiger partial charge < -0.3 is 4.74 Å². The van der Waals surface area contributed by atoms with E-state index in [1.165, 1.54) is 0 Å². The monoisotopic (exact) mass is 184 g/mol. The molecule has 1 aliphatic rings. The van der Waals surface area contributed by atoms with E-state index < -0.39 is 0 Å². The highest BCUT2D eigenvalue weighted by Gasteiger charge is 2.22. The van der Waals surface area contributed by atoms with E-state index in [2.05, 4.69) is 10.5 Å². The van der Waals surface area contributed by atoms with Crippen LogP contribution in [0.2, 0.25) is 0 Å². The number of carbonyl (C=O) groups is 1. The molecule has 1 rings (SSSR count). The van der Waals surface area contributed by atoms with Gasteiger partial charge in [0.15, 0.2) is 0 Å². The standard InChI is InChI=1S/C9H16N2O2/c1-7(2)6-10-11-9(12)8-4-3-5-13-8/h6-8H,3-5H2,1-2H3,(H,11,12)/b10-6+/t8-/m1/s1. The van der Waals surface area contributed by atoms with E-state index in [1.807, 2.05) is 13.8 Å². The molecule has 0 aromatic rings. The van der Waals surface area contributed by atoms with Gasteiger partial charge in [-0.25, -0.2) is 5.43 Å². The molecule has 1 N–H and O–H groups in total. The molecule has 1 heterocycles. The highest BCUT2D eigenvalue weighted by Crippen LogP contribution is 2.11. The Morgan fingerprint density at radius 3 is 3.00 bits per heavy atom. The van der Waals surface area contributed by atoms with E-state index in [0.29, 0.717) is 12.5 Å². The molecule has 0 radical (unpaired) electrons. The Balaban J connectivity index is 2.24. The van der Waals surface area contributed by atoms with Crippen molar-refractivity contribution in [1.82, 2.24) is 5.43 Å². The Labute approximate surface area is 78.3 Å². The summed E-state index contributed by atoms with van der Waals surface area (Å²) >= 11 is 0. The average Bonchev–Trinajstić information content (AvgIpc) is 2.55. The van der Waals surface area contributed by atoms with Crippen LogP contribution in [0.3, 0.4) is 0 Å². The number of hydrazone groups is 1. The Hall–Kier alpha value is -0.900. The van der Waals surface area contributed by atoms with Crippen LogP contribution in [0.4, 0.5) is 0 Å². The van der Waals surface area contributed by atoms with Crippen molar-refractivity contribution >= 4 is 12.1 Å². The minimum absolute atomic E-state index is 0.130. The maximum atomic E-state index is 11.3. The molecule has 0 unspecified atom stereocenters. The quantitative estimate of drug-likeness (QED) is 0.524. The molecule has 0 saturated carbocycles. The molecule has 0 aromatic carbocycles. The van der Waals surface area contributed by atoms with Crippen LogP contribution in [0.1, 0.15) is 26.7 Å². The lowest BCUT2D eigenvalue weighted by Crippen LogP contribution is -2.30. The predicted molar refractivity (Wildman–Crippen MR) is 50.4 cm³/mol. The number of rotatable bonds is 3. The summed E-state index contributed by atoms with van der Waals surface area (Å²) < 4.78 is 5.19. The number of nitrogens with one attached hydrogen (secondary N) is 1. The van der Waals surface area contributed by atoms with E-state index >= 15 is 0 Å². The van der Waals surface area contributed by atoms with Gasteiger partial charge in [0, 0.05) is 12.8 Å². The van der Waals surface area contributed by atoms with E-state index in [4.69, 9.17) is 4.74 Å². The van der Waals surface area contributed by atoms with Crippen molar-refractivity contribution in [3.8, 4) is 0 Å². The lowest BCUT2D eigenvalue weighted by Gasteiger charge is -2.06. The van der Waals surface area contributed by atoms with Crippen molar-refractivity contribution in [3.05, 3.63) is 0 Å². The summed E-state index contributed by atoms with van der Waals surface area (Å²) in [6.45, 7) is 4.69. The van der Waals surface area contributed by atoms with Gasteiger partial charge in [-0.05, 0) is 18.8 Å². The fourth-order valence-corrected chi connectivity index (χ4v) is 1.11. The SMILES string of the molecule is CC(C)/C=N/NC(=O)[C@H]1CCCO1. The third-order valence-electron chi connectivity index (χ3n) is 1.77. The normalized spacial score (nSPS) is 22.8. The van der Waals surface area contributed by atoms with Crippen molar-refractivity contribution in [2.24, 2.45) is 11.0 Å². The molecule has 13 heavy (non-hydrogen) atoms. The van der Waals surface area contributed by atoms with E-state index in [0.717, 1.165) is 12.8 Å². The molecule has 1 aliphatic heterocycles. The summed E-state index contributed by atoms with van der Waals surface area (Å²) in [6.07, 6.45) is 3.19. The third-order valence-corrected chi connectivity index (χ3v) is 1.77. The first-order valence-electron chi connectivity index (χ1n) is 4.65. The number of nitrogens with zero attached hydrogens (tertiary/aromatic N) is 1. The second-order valence-corrected chi connectivity index (χ2v) is 3.50. The van der Waals surface area contributed by atoms with Gasteiger partial charge in [-0.3, -0.25) is 4.79 Å². The van der Waals surface area contributed by atoms with Crippen molar-refractivity contribution in [2.75, 3.05) is 6.61 Å². The lowest BCUT2D eigenvalue weighted by atomic mass is 10.2. The Kier molecular flexibility index (Phi) is 3.89. The molecule has 4 heteroatoms. The molecule has 0 aromatic heterocycles. The van der Waals surface area contributed by atoms with Gasteiger partial charge >= 0.3 is 0 Å². The largest absolute Gasteiger partial charge is 0.368 e. The zero-order valence-corrected chi connectivity index (χ0v) is 8.12. The van der Waals surface area contributed by atoms with Crippen molar-refractivity contribution < 1.29 is 9.53 Å². The van der Waals surface area contributed by atoms with Crippen LogP contribution in [-0.4, -0.2) is 24.8 Å². The van der Waals surface area contributed by atoms with Gasteiger partial charge in [-0.15, -0.1) is 0 Å². The highest BCUT2D eigenvalue weighted by molar-refractivity contribution is 5.81. The summed E-state index contributed by atoms with van der Waals surface area (Å²) in [5.74, 6) is 0.221. The molecule has 1 saturated heterocycles. The van der Waals surface area contributed by atoms with Gasteiger partial charge in [0.05, 0.1) is 0 Å². The van der Waals surface area contributed by atoms with E-state index in [9.17, 15) is 4.79 Å². The summed E-state index contributed by atoms with van der Waals surface area (Å²) in [7, 11) is 0. The zero-order valence-electron chi connectivity index (χ0n) is 8.12. The maximum absolute atomic E-state index is 11.3. The molecule has 74 valence electrons. The third kappa shape index (κ3) is 3.55. The topological polar surface area (TPSA) is 50.7 Å². The van der Waals surface area contributed by atoms with Crippen LogP contribution in [0.5, 0.6) is 0 Å². The van der Waals surface area contributed by atoms with E-state index in [1.54, 1.807) is 6.21 Å². The van der Waals surface area contributed by atoms with Crippen molar-refractivity contribution in [2.45, 2.75) is 32.8 Å². The summed E-state index contributed by atoms with van der Waals surface area (Å²) in [5, 5.41) is 3.81. The summed E-state index contributed by atoms with van der Waals surface area (Å²) in [6, 6.07) is 0. The number of hydrogen-bond donors (Lipinski definition) is 1. The van der Waals surface area contributed by atoms with Gasteiger partial charge in [0.25, 0.3) is 5.91 Å². The van der Waals surface area contributed by atoms with E-state index in [-0.39, 0.29) is 12.0 Å². The molecule has 0 bridgehead atoms. The van der Waals surface area contributed by atoms with Gasteiger partial charge in [0.1, 0.15) is 6.10 Å². The second-order valence-electron chi connectivity index (χ2n) is 3.50. The Morgan fingerprint density at radius 2 is 2.46 bits per heavy atom. The number of hydrogen-bond acceptors (Lipinski definition) is 3.